The summed E-state index contributed by atoms with van der Waals surface area (Å²) in [6, 6.07) is 19.2. The van der Waals surface area contributed by atoms with Crippen LogP contribution in [-0.4, -0.2) is 32.5 Å². The number of carbonyl (C=O) groups is 2. The predicted octanol–water partition coefficient (Wildman–Crippen LogP) is 3.40. The minimum atomic E-state index is -0.490. The number of nitrogens with zero attached hydrogens (tertiary/aromatic N) is 3. The second-order valence-corrected chi connectivity index (χ2v) is 7.68. The molecule has 8 heteroatoms. The number of hydrogen-bond acceptors (Lipinski definition) is 5. The van der Waals surface area contributed by atoms with Crippen molar-refractivity contribution in [3.05, 3.63) is 77.6 Å². The van der Waals surface area contributed by atoms with Gasteiger partial charge in [-0.2, -0.15) is 0 Å². The average Bonchev–Trinajstić information content (AvgIpc) is 3.15. The lowest BCUT2D eigenvalue weighted by atomic mass is 10.1. The van der Waals surface area contributed by atoms with Crippen LogP contribution in [0.2, 0.25) is 0 Å². The van der Waals surface area contributed by atoms with E-state index in [-0.39, 0.29) is 12.3 Å². The molecule has 0 unspecified atom stereocenters. The fourth-order valence-electron chi connectivity index (χ4n) is 2.90. The van der Waals surface area contributed by atoms with Gasteiger partial charge in [-0.25, -0.2) is 4.79 Å². The molecule has 3 amide bonds. The van der Waals surface area contributed by atoms with Crippen LogP contribution in [0.25, 0.3) is 0 Å². The van der Waals surface area contributed by atoms with Gasteiger partial charge >= 0.3 is 6.03 Å². The topological polar surface area (TPSA) is 88.9 Å². The molecule has 0 saturated carbocycles. The molecule has 0 radical (unpaired) electrons. The molecule has 3 aromatic rings. The van der Waals surface area contributed by atoms with Crippen LogP contribution in [-0.2, 0) is 24.3 Å². The maximum absolute atomic E-state index is 12.0. The van der Waals surface area contributed by atoms with Gasteiger partial charge in [0.15, 0.2) is 5.16 Å². The summed E-state index contributed by atoms with van der Waals surface area (Å²) in [6.07, 6.45) is 0.929. The van der Waals surface area contributed by atoms with Crippen LogP contribution in [0.5, 0.6) is 0 Å². The minimum absolute atomic E-state index is 0.216. The molecule has 0 bridgehead atoms. The molecule has 0 spiro atoms. The van der Waals surface area contributed by atoms with Crippen molar-refractivity contribution in [1.29, 1.82) is 0 Å². The van der Waals surface area contributed by atoms with Gasteiger partial charge in [-0.15, -0.1) is 10.2 Å². The van der Waals surface area contributed by atoms with Crippen LogP contribution < -0.4 is 10.6 Å². The summed E-state index contributed by atoms with van der Waals surface area (Å²) in [7, 11) is 0. The Bertz CT molecular complexity index is 960. The van der Waals surface area contributed by atoms with E-state index >= 15 is 0 Å². The zero-order valence-corrected chi connectivity index (χ0v) is 17.7. The van der Waals surface area contributed by atoms with Gasteiger partial charge in [0.25, 0.3) is 0 Å². The van der Waals surface area contributed by atoms with Crippen molar-refractivity contribution in [3.63, 3.8) is 0 Å². The number of amides is 3. The monoisotopic (exact) mass is 423 g/mol. The second kappa shape index (κ2) is 11.2. The normalized spacial score (nSPS) is 10.6. The first kappa shape index (κ1) is 21.6. The Labute approximate surface area is 180 Å². The summed E-state index contributed by atoms with van der Waals surface area (Å²) in [5, 5.41) is 14.4. The molecule has 3 rings (SSSR count). The lowest BCUT2D eigenvalue weighted by Gasteiger charge is -2.08. The Morgan fingerprint density at radius 2 is 1.63 bits per heavy atom. The third-order valence-corrected chi connectivity index (χ3v) is 5.39. The van der Waals surface area contributed by atoms with Crippen LogP contribution >= 0.6 is 11.8 Å². The van der Waals surface area contributed by atoms with E-state index < -0.39 is 6.03 Å². The number of carbonyl (C=O) groups excluding carboxylic acids is 2. The minimum Gasteiger partial charge on any atom is -0.334 e. The molecular weight excluding hydrogens is 398 g/mol. The summed E-state index contributed by atoms with van der Waals surface area (Å²) < 4.78 is 2.06. The summed E-state index contributed by atoms with van der Waals surface area (Å²) in [5.74, 6) is 1.09. The van der Waals surface area contributed by atoms with Gasteiger partial charge in [0.05, 0.1) is 0 Å². The Balaban J connectivity index is 1.43. The number of benzene rings is 2. The van der Waals surface area contributed by atoms with Crippen molar-refractivity contribution >= 4 is 23.7 Å². The Morgan fingerprint density at radius 3 is 2.30 bits per heavy atom. The first-order valence-electron chi connectivity index (χ1n) is 9.86. The van der Waals surface area contributed by atoms with Crippen molar-refractivity contribution in [1.82, 2.24) is 25.4 Å². The first-order valence-corrected chi connectivity index (χ1v) is 10.8. The van der Waals surface area contributed by atoms with E-state index in [4.69, 9.17) is 0 Å². The number of nitrogens with one attached hydrogen (secondary N) is 2. The quantitative estimate of drug-likeness (QED) is 0.515. The first-order chi connectivity index (χ1) is 14.7. The van der Waals surface area contributed by atoms with Crippen LogP contribution in [0.1, 0.15) is 30.3 Å². The van der Waals surface area contributed by atoms with E-state index in [9.17, 15) is 9.59 Å². The van der Waals surface area contributed by atoms with E-state index in [0.717, 1.165) is 23.1 Å². The zero-order chi connectivity index (χ0) is 21.2. The highest BCUT2D eigenvalue weighted by molar-refractivity contribution is 7.99. The maximum atomic E-state index is 12.0. The van der Waals surface area contributed by atoms with Crippen molar-refractivity contribution in [2.24, 2.45) is 0 Å². The van der Waals surface area contributed by atoms with E-state index in [1.165, 1.54) is 17.3 Å². The lowest BCUT2D eigenvalue weighted by Crippen LogP contribution is -2.39. The Hall–Kier alpha value is -3.13. The smallest absolute Gasteiger partial charge is 0.321 e. The molecular formula is C22H25N5O2S. The summed E-state index contributed by atoms with van der Waals surface area (Å²) in [4.78, 5) is 23.9. The van der Waals surface area contributed by atoms with E-state index in [2.05, 4.69) is 37.5 Å². The predicted molar refractivity (Wildman–Crippen MR) is 117 cm³/mol. The van der Waals surface area contributed by atoms with Crippen LogP contribution in [0.15, 0.2) is 65.8 Å². The third kappa shape index (κ3) is 6.45. The molecule has 0 aliphatic rings. The number of urea groups is 1. The molecule has 156 valence electrons. The van der Waals surface area contributed by atoms with Crippen molar-refractivity contribution < 1.29 is 9.59 Å². The maximum Gasteiger partial charge on any atom is 0.321 e. The Kier molecular flexibility index (Phi) is 8.02. The molecule has 2 N–H and O–H groups in total. The van der Waals surface area contributed by atoms with E-state index in [0.29, 0.717) is 18.7 Å². The van der Waals surface area contributed by atoms with Crippen molar-refractivity contribution in [2.45, 2.75) is 38.0 Å². The molecule has 7 nitrogen and oxygen atoms in total. The second-order valence-electron chi connectivity index (χ2n) is 6.62. The molecule has 0 aliphatic heterocycles. The van der Waals surface area contributed by atoms with Gasteiger partial charge in [0.2, 0.25) is 5.91 Å². The van der Waals surface area contributed by atoms with E-state index in [1.807, 2.05) is 55.5 Å². The van der Waals surface area contributed by atoms with Gasteiger partial charge in [0, 0.05) is 31.7 Å². The van der Waals surface area contributed by atoms with Crippen LogP contribution in [0.4, 0.5) is 4.79 Å². The van der Waals surface area contributed by atoms with Gasteiger partial charge in [-0.1, -0.05) is 72.4 Å². The number of thioether (sulfide) groups is 1. The highest BCUT2D eigenvalue weighted by Crippen LogP contribution is 2.19. The number of imide groups is 1. The molecule has 2 aromatic carbocycles. The fraction of sp³-hybridized carbons (Fsp3) is 0.273. The molecule has 1 heterocycles. The SMILES string of the molecule is CCn1c(Cc2ccccc2)nnc1SCCC(=O)NC(=O)NCc1ccccc1. The molecule has 0 aliphatic carbocycles. The number of hydrogen-bond donors (Lipinski definition) is 2. The van der Waals surface area contributed by atoms with Crippen LogP contribution in [0, 0.1) is 0 Å². The molecule has 1 aromatic heterocycles. The lowest BCUT2D eigenvalue weighted by molar-refractivity contribution is -0.119. The number of rotatable bonds is 9. The van der Waals surface area contributed by atoms with E-state index in [1.54, 1.807) is 0 Å². The van der Waals surface area contributed by atoms with Crippen LogP contribution in [0.3, 0.4) is 0 Å². The molecule has 0 atom stereocenters. The van der Waals surface area contributed by atoms with Gasteiger partial charge < -0.3 is 9.88 Å². The van der Waals surface area contributed by atoms with Crippen molar-refractivity contribution in [3.8, 4) is 0 Å². The van der Waals surface area contributed by atoms with Gasteiger partial charge in [-0.05, 0) is 18.1 Å². The van der Waals surface area contributed by atoms with Gasteiger partial charge in [-0.3, -0.25) is 10.1 Å². The van der Waals surface area contributed by atoms with Crippen molar-refractivity contribution in [2.75, 3.05) is 5.75 Å². The largest absolute Gasteiger partial charge is 0.334 e. The molecule has 0 fully saturated rings. The standard InChI is InChI=1S/C22H25N5O2S/c1-2-27-19(15-17-9-5-3-6-10-17)25-26-22(27)30-14-13-20(28)24-21(29)23-16-18-11-7-4-8-12-18/h3-12H,2,13-16H2,1H3,(H2,23,24,28,29). The van der Waals surface area contributed by atoms with Gasteiger partial charge in [0.1, 0.15) is 5.82 Å². The highest BCUT2D eigenvalue weighted by Gasteiger charge is 2.13. The summed E-state index contributed by atoms with van der Waals surface area (Å²) >= 11 is 1.47. The molecule has 30 heavy (non-hydrogen) atoms. The Morgan fingerprint density at radius 1 is 0.967 bits per heavy atom. The number of aromatic nitrogens is 3. The fourth-order valence-corrected chi connectivity index (χ4v) is 3.86. The highest BCUT2D eigenvalue weighted by atomic mass is 32.2. The summed E-state index contributed by atoms with van der Waals surface area (Å²) in [5.41, 5.74) is 2.15. The third-order valence-electron chi connectivity index (χ3n) is 4.42. The molecule has 0 saturated heterocycles. The summed E-state index contributed by atoms with van der Waals surface area (Å²) in [6.45, 7) is 3.18. The average molecular weight is 424 g/mol. The zero-order valence-electron chi connectivity index (χ0n) is 16.9.